The summed E-state index contributed by atoms with van der Waals surface area (Å²) in [5, 5.41) is 2.63. The number of ether oxygens (including phenoxy) is 1. The van der Waals surface area contributed by atoms with Crippen molar-refractivity contribution in [2.24, 2.45) is 0 Å². The monoisotopic (exact) mass is 382 g/mol. The Labute approximate surface area is 143 Å². The molecule has 6 nitrogen and oxygen atoms in total. The molecule has 1 aliphatic rings. The van der Waals surface area contributed by atoms with Crippen molar-refractivity contribution in [1.82, 2.24) is 4.90 Å². The average Bonchev–Trinajstić information content (AvgIpc) is 2.44. The van der Waals surface area contributed by atoms with Gasteiger partial charge >= 0.3 is 12.6 Å². The molecule has 134 valence electrons. The van der Waals surface area contributed by atoms with Gasteiger partial charge in [-0.1, -0.05) is 11.6 Å². The molecule has 2 rings (SSSR count). The molecule has 0 aliphatic carbocycles. The van der Waals surface area contributed by atoms with Crippen molar-refractivity contribution in [3.63, 3.8) is 0 Å². The normalized spacial score (nSPS) is 19.2. The maximum atomic E-state index is 12.5. The zero-order valence-corrected chi connectivity index (χ0v) is 14.6. The number of carbonyl (C=O) groups excluding carboxylic acids is 1. The van der Waals surface area contributed by atoms with Crippen LogP contribution < -0.4 is 10.1 Å². The summed E-state index contributed by atoms with van der Waals surface area (Å²) in [7, 11) is -3.29. The highest BCUT2D eigenvalue weighted by molar-refractivity contribution is 7.92. The van der Waals surface area contributed by atoms with E-state index >= 15 is 0 Å². The van der Waals surface area contributed by atoms with Gasteiger partial charge in [0.05, 0.1) is 16.2 Å². The number of carbonyl (C=O) groups is 1. The summed E-state index contributed by atoms with van der Waals surface area (Å²) in [6, 6.07) is 3.32. The molecule has 1 aliphatic heterocycles. The van der Waals surface area contributed by atoms with Gasteiger partial charge in [-0.3, -0.25) is 0 Å². The summed E-state index contributed by atoms with van der Waals surface area (Å²) in [6.45, 7) is 0.0269. The van der Waals surface area contributed by atoms with Gasteiger partial charge in [0.25, 0.3) is 0 Å². The van der Waals surface area contributed by atoms with Crippen LogP contribution in [0.3, 0.4) is 0 Å². The first kappa shape index (κ1) is 18.7. The van der Waals surface area contributed by atoms with Gasteiger partial charge in [0.1, 0.15) is 0 Å². The standard InChI is InChI=1S/C14H17ClF2N2O4S/c1-14(2)8-19(5-6-24(14,21)22)13(20)18-10-4-3-9(15)7-11(10)23-12(16)17/h3-4,7,12H,5-6,8H2,1-2H3,(H,18,20). The number of sulfone groups is 1. The first-order chi connectivity index (χ1) is 11.0. The third-order valence-electron chi connectivity index (χ3n) is 3.73. The quantitative estimate of drug-likeness (QED) is 0.872. The highest BCUT2D eigenvalue weighted by Gasteiger charge is 2.41. The van der Waals surface area contributed by atoms with Gasteiger partial charge in [-0.05, 0) is 26.0 Å². The number of rotatable bonds is 3. The van der Waals surface area contributed by atoms with Crippen LogP contribution in [0.2, 0.25) is 5.02 Å². The second-order valence-corrected chi connectivity index (χ2v) is 9.13. The highest BCUT2D eigenvalue weighted by atomic mass is 35.5. The molecule has 0 spiro atoms. The van der Waals surface area contributed by atoms with E-state index in [2.05, 4.69) is 10.1 Å². The minimum Gasteiger partial charge on any atom is -0.433 e. The second-order valence-electron chi connectivity index (χ2n) is 5.95. The summed E-state index contributed by atoms with van der Waals surface area (Å²) >= 11 is 5.74. The molecule has 1 aromatic rings. The van der Waals surface area contributed by atoms with E-state index in [4.69, 9.17) is 11.6 Å². The molecule has 1 N–H and O–H groups in total. The summed E-state index contributed by atoms with van der Waals surface area (Å²) in [5.41, 5.74) is 0.0240. The number of halogens is 3. The number of amides is 2. The number of nitrogens with one attached hydrogen (secondary N) is 1. The van der Waals surface area contributed by atoms with Crippen LogP contribution >= 0.6 is 11.6 Å². The Morgan fingerprint density at radius 1 is 1.42 bits per heavy atom. The van der Waals surface area contributed by atoms with E-state index in [1.54, 1.807) is 0 Å². The SMILES string of the molecule is CC1(C)CN(C(=O)Nc2ccc(Cl)cc2OC(F)F)CCS1(=O)=O. The summed E-state index contributed by atoms with van der Waals surface area (Å²) in [4.78, 5) is 13.7. The maximum Gasteiger partial charge on any atom is 0.387 e. The van der Waals surface area contributed by atoms with Gasteiger partial charge in [-0.2, -0.15) is 8.78 Å². The molecule has 0 atom stereocenters. The number of alkyl halides is 2. The number of hydrogen-bond donors (Lipinski definition) is 1. The molecule has 10 heteroatoms. The molecule has 2 amide bonds. The van der Waals surface area contributed by atoms with E-state index in [0.717, 1.165) is 6.07 Å². The van der Waals surface area contributed by atoms with E-state index in [0.29, 0.717) is 0 Å². The van der Waals surface area contributed by atoms with Gasteiger partial charge in [-0.15, -0.1) is 0 Å². The lowest BCUT2D eigenvalue weighted by Crippen LogP contribution is -2.55. The first-order valence-electron chi connectivity index (χ1n) is 7.04. The number of hydrogen-bond acceptors (Lipinski definition) is 4. The largest absolute Gasteiger partial charge is 0.433 e. The molecular formula is C14H17ClF2N2O4S. The zero-order valence-electron chi connectivity index (χ0n) is 13.1. The summed E-state index contributed by atoms with van der Waals surface area (Å²) in [5.74, 6) is -0.427. The third kappa shape index (κ3) is 4.07. The van der Waals surface area contributed by atoms with Gasteiger partial charge in [0.15, 0.2) is 15.6 Å². The molecule has 1 heterocycles. The predicted molar refractivity (Wildman–Crippen MR) is 86.5 cm³/mol. The molecular weight excluding hydrogens is 366 g/mol. The fourth-order valence-corrected chi connectivity index (χ4v) is 3.83. The molecule has 1 fully saturated rings. The topological polar surface area (TPSA) is 75.7 Å². The Balaban J connectivity index is 2.16. The summed E-state index contributed by atoms with van der Waals surface area (Å²) in [6.07, 6.45) is 0. The van der Waals surface area contributed by atoms with Gasteiger partial charge in [0.2, 0.25) is 0 Å². The number of anilines is 1. The zero-order chi connectivity index (χ0) is 18.1. The van der Waals surface area contributed by atoms with Crippen LogP contribution in [0.1, 0.15) is 13.8 Å². The Hall–Kier alpha value is -1.61. The Morgan fingerprint density at radius 2 is 2.08 bits per heavy atom. The Bertz CT molecular complexity index is 740. The van der Waals surface area contributed by atoms with E-state index < -0.39 is 27.2 Å². The number of benzene rings is 1. The molecule has 0 radical (unpaired) electrons. The maximum absolute atomic E-state index is 12.5. The Kier molecular flexibility index (Phi) is 5.24. The minimum absolute atomic E-state index is 0.000204. The fraction of sp³-hybridized carbons (Fsp3) is 0.500. The van der Waals surface area contributed by atoms with Crippen molar-refractivity contribution < 1.29 is 26.7 Å². The van der Waals surface area contributed by atoms with Crippen LogP contribution in [0.25, 0.3) is 0 Å². The number of urea groups is 1. The fourth-order valence-electron chi connectivity index (χ4n) is 2.30. The van der Waals surface area contributed by atoms with E-state index in [1.807, 2.05) is 0 Å². The molecule has 0 aromatic heterocycles. The lowest BCUT2D eigenvalue weighted by molar-refractivity contribution is -0.0493. The predicted octanol–water partition coefficient (Wildman–Crippen LogP) is 2.98. The second kappa shape index (κ2) is 6.72. The lowest BCUT2D eigenvalue weighted by atomic mass is 10.2. The molecule has 1 aromatic carbocycles. The van der Waals surface area contributed by atoms with Crippen LogP contribution in [-0.2, 0) is 9.84 Å². The number of nitrogens with zero attached hydrogens (tertiary/aromatic N) is 1. The Morgan fingerprint density at radius 3 is 2.67 bits per heavy atom. The smallest absolute Gasteiger partial charge is 0.387 e. The van der Waals surface area contributed by atoms with Crippen LogP contribution in [0.5, 0.6) is 5.75 Å². The van der Waals surface area contributed by atoms with Gasteiger partial charge in [0, 0.05) is 24.2 Å². The van der Waals surface area contributed by atoms with E-state index in [1.165, 1.54) is 30.9 Å². The molecule has 0 bridgehead atoms. The molecule has 0 unspecified atom stereocenters. The van der Waals surface area contributed by atoms with Crippen molar-refractivity contribution in [3.8, 4) is 5.75 Å². The third-order valence-corrected chi connectivity index (χ3v) is 6.50. The lowest BCUT2D eigenvalue weighted by Gasteiger charge is -2.37. The van der Waals surface area contributed by atoms with Crippen LogP contribution in [0.15, 0.2) is 18.2 Å². The molecule has 24 heavy (non-hydrogen) atoms. The van der Waals surface area contributed by atoms with Gasteiger partial charge in [-0.25, -0.2) is 13.2 Å². The van der Waals surface area contributed by atoms with Crippen molar-refractivity contribution >= 4 is 33.2 Å². The van der Waals surface area contributed by atoms with Crippen LogP contribution in [0, 0.1) is 0 Å². The van der Waals surface area contributed by atoms with Crippen LogP contribution in [0.4, 0.5) is 19.3 Å². The average molecular weight is 383 g/mol. The van der Waals surface area contributed by atoms with E-state index in [-0.39, 0.29) is 35.3 Å². The van der Waals surface area contributed by atoms with Crippen LogP contribution in [-0.4, -0.2) is 49.5 Å². The highest BCUT2D eigenvalue weighted by Crippen LogP contribution is 2.30. The molecule has 1 saturated heterocycles. The van der Waals surface area contributed by atoms with Crippen molar-refractivity contribution in [1.29, 1.82) is 0 Å². The van der Waals surface area contributed by atoms with E-state index in [9.17, 15) is 22.0 Å². The van der Waals surface area contributed by atoms with Crippen molar-refractivity contribution in [2.45, 2.75) is 25.2 Å². The van der Waals surface area contributed by atoms with Gasteiger partial charge < -0.3 is 15.0 Å². The van der Waals surface area contributed by atoms with Crippen molar-refractivity contribution in [3.05, 3.63) is 23.2 Å². The summed E-state index contributed by atoms with van der Waals surface area (Å²) < 4.78 is 52.1. The van der Waals surface area contributed by atoms with Crippen molar-refractivity contribution in [2.75, 3.05) is 24.2 Å². The minimum atomic E-state index is -3.29. The first-order valence-corrected chi connectivity index (χ1v) is 9.07. The molecule has 0 saturated carbocycles.